The van der Waals surface area contributed by atoms with E-state index in [4.69, 9.17) is 16.3 Å². The summed E-state index contributed by atoms with van der Waals surface area (Å²) in [5.41, 5.74) is 1.97. The van der Waals surface area contributed by atoms with Gasteiger partial charge in [0.25, 0.3) is 11.4 Å². The van der Waals surface area contributed by atoms with Gasteiger partial charge in [-0.1, -0.05) is 61.8 Å². The number of hydrogen-bond donors (Lipinski definition) is 2. The summed E-state index contributed by atoms with van der Waals surface area (Å²) in [6.45, 7) is 5.10. The molecule has 0 unspecified atom stereocenters. The molecule has 0 spiro atoms. The number of H-pyrrole nitrogens is 1. The number of anilines is 1. The maximum Gasteiger partial charge on any atom is 0.285 e. The van der Waals surface area contributed by atoms with E-state index in [2.05, 4.69) is 46.5 Å². The van der Waals surface area contributed by atoms with Crippen LogP contribution in [0.1, 0.15) is 25.0 Å². The van der Waals surface area contributed by atoms with Crippen molar-refractivity contribution >= 4 is 17.3 Å². The van der Waals surface area contributed by atoms with Crippen LogP contribution in [0.3, 0.4) is 0 Å². The van der Waals surface area contributed by atoms with Gasteiger partial charge in [0.2, 0.25) is 0 Å². The first-order valence-electron chi connectivity index (χ1n) is 9.02. The average molecular weight is 399 g/mol. The highest BCUT2D eigenvalue weighted by molar-refractivity contribution is 6.33. The minimum Gasteiger partial charge on any atom is -0.475 e. The molecule has 2 heterocycles. The van der Waals surface area contributed by atoms with Crippen LogP contribution < -0.4 is 15.6 Å². The van der Waals surface area contributed by atoms with Crippen molar-refractivity contribution in [1.82, 2.24) is 15.2 Å². The highest BCUT2D eigenvalue weighted by atomic mass is 35.5. The standard InChI is InChI=1S/C21H23ClN4O2/c1-21(2,11-15-7-4-3-5-8-15)14-28-20-18(17(22)19(27)25-26-20)24-13-16-9-6-10-23-12-16/h3-10,12H,11,13-14H2,1-2H3,(H2,24,25,27). The molecule has 0 aliphatic carbocycles. The molecule has 0 amide bonds. The van der Waals surface area contributed by atoms with Gasteiger partial charge in [0.15, 0.2) is 0 Å². The molecule has 3 rings (SSSR count). The van der Waals surface area contributed by atoms with E-state index in [1.54, 1.807) is 12.4 Å². The molecule has 3 aromatic rings. The van der Waals surface area contributed by atoms with Crippen molar-refractivity contribution in [1.29, 1.82) is 0 Å². The van der Waals surface area contributed by atoms with Crippen molar-refractivity contribution in [2.24, 2.45) is 5.41 Å². The third-order valence-corrected chi connectivity index (χ3v) is 4.57. The number of aromatic amines is 1. The Kier molecular flexibility index (Phi) is 6.31. The van der Waals surface area contributed by atoms with E-state index in [1.807, 2.05) is 30.3 Å². The molecule has 0 atom stereocenters. The van der Waals surface area contributed by atoms with Gasteiger partial charge >= 0.3 is 0 Å². The lowest BCUT2D eigenvalue weighted by Crippen LogP contribution is -2.25. The van der Waals surface area contributed by atoms with Gasteiger partial charge in [-0.3, -0.25) is 9.78 Å². The lowest BCUT2D eigenvalue weighted by molar-refractivity contribution is 0.173. The van der Waals surface area contributed by atoms with E-state index in [-0.39, 0.29) is 16.3 Å². The normalized spacial score (nSPS) is 11.2. The van der Waals surface area contributed by atoms with Gasteiger partial charge in [-0.2, -0.15) is 0 Å². The highest BCUT2D eigenvalue weighted by Crippen LogP contribution is 2.30. The number of rotatable bonds is 8. The van der Waals surface area contributed by atoms with E-state index in [0.29, 0.717) is 18.8 Å². The van der Waals surface area contributed by atoms with Crippen LogP contribution in [-0.2, 0) is 13.0 Å². The van der Waals surface area contributed by atoms with Crippen LogP contribution in [0.4, 0.5) is 5.69 Å². The molecule has 0 bridgehead atoms. The summed E-state index contributed by atoms with van der Waals surface area (Å²) in [4.78, 5) is 16.0. The Bertz CT molecular complexity index is 959. The first kappa shape index (κ1) is 19.9. The number of pyridine rings is 1. The second kappa shape index (κ2) is 8.89. The number of benzene rings is 1. The molecule has 6 nitrogen and oxygen atoms in total. The summed E-state index contributed by atoms with van der Waals surface area (Å²) >= 11 is 6.20. The summed E-state index contributed by atoms with van der Waals surface area (Å²) in [5, 5.41) is 9.59. The van der Waals surface area contributed by atoms with Crippen LogP contribution in [0.15, 0.2) is 59.7 Å². The Labute approximate surface area is 168 Å². The lowest BCUT2D eigenvalue weighted by Gasteiger charge is -2.25. The zero-order valence-electron chi connectivity index (χ0n) is 15.9. The molecule has 0 fully saturated rings. The average Bonchev–Trinajstić information content (AvgIpc) is 2.69. The predicted molar refractivity (Wildman–Crippen MR) is 111 cm³/mol. The highest BCUT2D eigenvalue weighted by Gasteiger charge is 2.22. The minimum absolute atomic E-state index is 0.0229. The van der Waals surface area contributed by atoms with Gasteiger partial charge in [-0.15, -0.1) is 5.10 Å². The largest absolute Gasteiger partial charge is 0.475 e. The zero-order chi connectivity index (χ0) is 20.0. The van der Waals surface area contributed by atoms with Gasteiger partial charge in [-0.25, -0.2) is 5.10 Å². The number of halogens is 1. The summed E-state index contributed by atoms with van der Waals surface area (Å²) < 4.78 is 5.95. The van der Waals surface area contributed by atoms with Crippen molar-refractivity contribution < 1.29 is 4.74 Å². The summed E-state index contributed by atoms with van der Waals surface area (Å²) in [5.74, 6) is 0.273. The third kappa shape index (κ3) is 5.33. The molecule has 0 aliphatic rings. The Morgan fingerprint density at radius 1 is 1.14 bits per heavy atom. The molecular weight excluding hydrogens is 376 g/mol. The second-order valence-corrected chi connectivity index (χ2v) is 7.75. The van der Waals surface area contributed by atoms with Gasteiger partial charge in [-0.05, 0) is 23.6 Å². The van der Waals surface area contributed by atoms with E-state index in [9.17, 15) is 4.79 Å². The Hall–Kier alpha value is -2.86. The van der Waals surface area contributed by atoms with E-state index in [1.165, 1.54) is 5.56 Å². The Morgan fingerprint density at radius 3 is 2.61 bits per heavy atom. The van der Waals surface area contributed by atoms with E-state index >= 15 is 0 Å². The molecule has 0 aliphatic heterocycles. The molecule has 0 radical (unpaired) electrons. The molecule has 28 heavy (non-hydrogen) atoms. The quantitative estimate of drug-likeness (QED) is 0.597. The topological polar surface area (TPSA) is 79.9 Å². The molecule has 7 heteroatoms. The number of aromatic nitrogens is 3. The SMILES string of the molecule is CC(C)(COc1n[nH]c(=O)c(Cl)c1NCc1cccnc1)Cc1ccccc1. The van der Waals surface area contributed by atoms with Crippen LogP contribution in [0, 0.1) is 5.41 Å². The minimum atomic E-state index is -0.466. The summed E-state index contributed by atoms with van der Waals surface area (Å²) in [6, 6.07) is 14.0. The van der Waals surface area contributed by atoms with Crippen LogP contribution >= 0.6 is 11.6 Å². The molecule has 2 N–H and O–H groups in total. The van der Waals surface area contributed by atoms with Gasteiger partial charge < -0.3 is 10.1 Å². The zero-order valence-corrected chi connectivity index (χ0v) is 16.7. The van der Waals surface area contributed by atoms with Crippen molar-refractivity contribution in [3.05, 3.63) is 81.4 Å². The fourth-order valence-electron chi connectivity index (χ4n) is 2.83. The van der Waals surface area contributed by atoms with Crippen molar-refractivity contribution in [2.45, 2.75) is 26.8 Å². The van der Waals surface area contributed by atoms with E-state index in [0.717, 1.165) is 12.0 Å². The van der Waals surface area contributed by atoms with Gasteiger partial charge in [0.1, 0.15) is 10.7 Å². The van der Waals surface area contributed by atoms with Crippen LogP contribution in [-0.4, -0.2) is 21.8 Å². The Balaban J connectivity index is 1.72. The first-order valence-corrected chi connectivity index (χ1v) is 9.40. The van der Waals surface area contributed by atoms with Gasteiger partial charge in [0.05, 0.1) is 6.61 Å². The van der Waals surface area contributed by atoms with Crippen LogP contribution in [0.2, 0.25) is 5.02 Å². The molecular formula is C21H23ClN4O2. The molecule has 0 saturated carbocycles. The number of hydrogen-bond acceptors (Lipinski definition) is 5. The fourth-order valence-corrected chi connectivity index (χ4v) is 3.02. The predicted octanol–water partition coefficient (Wildman–Crippen LogP) is 4.08. The maximum atomic E-state index is 11.9. The molecule has 0 saturated heterocycles. The monoisotopic (exact) mass is 398 g/mol. The van der Waals surface area contributed by atoms with Crippen molar-refractivity contribution in [3.8, 4) is 5.88 Å². The van der Waals surface area contributed by atoms with E-state index < -0.39 is 5.56 Å². The summed E-state index contributed by atoms with van der Waals surface area (Å²) in [6.07, 6.45) is 4.29. The maximum absolute atomic E-state index is 11.9. The van der Waals surface area contributed by atoms with Gasteiger partial charge in [0, 0.05) is 24.4 Å². The first-order chi connectivity index (χ1) is 13.4. The molecule has 146 valence electrons. The Morgan fingerprint density at radius 2 is 1.89 bits per heavy atom. The number of nitrogens with zero attached hydrogens (tertiary/aromatic N) is 2. The third-order valence-electron chi connectivity index (χ3n) is 4.21. The number of ether oxygens (including phenoxy) is 1. The molecule has 2 aromatic heterocycles. The smallest absolute Gasteiger partial charge is 0.285 e. The summed E-state index contributed by atoms with van der Waals surface area (Å²) in [7, 11) is 0. The number of nitrogens with one attached hydrogen (secondary N) is 2. The fraction of sp³-hybridized carbons (Fsp3) is 0.286. The second-order valence-electron chi connectivity index (χ2n) is 7.38. The van der Waals surface area contributed by atoms with Crippen molar-refractivity contribution in [3.63, 3.8) is 0 Å². The lowest BCUT2D eigenvalue weighted by atomic mass is 9.87. The van der Waals surface area contributed by atoms with Crippen LogP contribution in [0.5, 0.6) is 5.88 Å². The van der Waals surface area contributed by atoms with Crippen molar-refractivity contribution in [2.75, 3.05) is 11.9 Å². The van der Waals surface area contributed by atoms with Crippen LogP contribution in [0.25, 0.3) is 0 Å². The molecule has 1 aromatic carbocycles.